The lowest BCUT2D eigenvalue weighted by Gasteiger charge is -1.97. The summed E-state index contributed by atoms with van der Waals surface area (Å²) in [5, 5.41) is 7.73. The van der Waals surface area contributed by atoms with Gasteiger partial charge < -0.3 is 10.5 Å². The molecule has 4 nitrogen and oxygen atoms in total. The predicted octanol–water partition coefficient (Wildman–Crippen LogP) is 0.389. The first kappa shape index (κ1) is 7.01. The number of nitrogens with two attached hydrogens (primary N) is 1. The van der Waals surface area contributed by atoms with E-state index in [2.05, 4.69) is 16.8 Å². The summed E-state index contributed by atoms with van der Waals surface area (Å²) in [6, 6.07) is 0. The SMILES string of the molecule is C=C(N)COc1nncs1. The van der Waals surface area contributed by atoms with E-state index in [4.69, 9.17) is 10.5 Å². The van der Waals surface area contributed by atoms with E-state index in [1.165, 1.54) is 11.3 Å². The van der Waals surface area contributed by atoms with Crippen LogP contribution in [0.25, 0.3) is 0 Å². The zero-order valence-electron chi connectivity index (χ0n) is 5.28. The first-order valence-corrected chi connectivity index (χ1v) is 3.49. The van der Waals surface area contributed by atoms with Gasteiger partial charge in [-0.3, -0.25) is 0 Å². The van der Waals surface area contributed by atoms with E-state index in [0.29, 0.717) is 17.5 Å². The quantitative estimate of drug-likeness (QED) is 0.689. The molecule has 0 spiro atoms. The van der Waals surface area contributed by atoms with Gasteiger partial charge in [0, 0.05) is 5.70 Å². The molecule has 0 bridgehead atoms. The van der Waals surface area contributed by atoms with Gasteiger partial charge in [0.15, 0.2) is 0 Å². The standard InChI is InChI=1S/C5H7N3OS/c1-4(6)2-9-5-8-7-3-10-5/h3H,1-2,6H2. The van der Waals surface area contributed by atoms with Crippen LogP contribution in [-0.2, 0) is 0 Å². The molecule has 10 heavy (non-hydrogen) atoms. The molecule has 1 rings (SSSR count). The summed E-state index contributed by atoms with van der Waals surface area (Å²) in [5.41, 5.74) is 7.32. The van der Waals surface area contributed by atoms with Crippen LogP contribution in [0.4, 0.5) is 0 Å². The fourth-order valence-electron chi connectivity index (χ4n) is 0.380. The van der Waals surface area contributed by atoms with E-state index in [-0.39, 0.29) is 0 Å². The average Bonchev–Trinajstić information content (AvgIpc) is 2.34. The summed E-state index contributed by atoms with van der Waals surface area (Å²) in [4.78, 5) is 0. The third-order valence-corrected chi connectivity index (χ3v) is 1.32. The van der Waals surface area contributed by atoms with Crippen molar-refractivity contribution in [2.24, 2.45) is 5.73 Å². The molecule has 0 atom stereocenters. The number of rotatable bonds is 3. The average molecular weight is 157 g/mol. The molecule has 0 radical (unpaired) electrons. The van der Waals surface area contributed by atoms with Gasteiger partial charge >= 0.3 is 0 Å². The molecule has 1 aromatic rings. The van der Waals surface area contributed by atoms with Gasteiger partial charge in [0.2, 0.25) is 0 Å². The summed E-state index contributed by atoms with van der Waals surface area (Å²) >= 11 is 1.32. The van der Waals surface area contributed by atoms with E-state index in [1.807, 2.05) is 0 Å². The van der Waals surface area contributed by atoms with E-state index in [1.54, 1.807) is 5.51 Å². The minimum Gasteiger partial charge on any atom is -0.463 e. The Hall–Kier alpha value is -1.10. The summed E-state index contributed by atoms with van der Waals surface area (Å²) in [7, 11) is 0. The molecular formula is C5H7N3OS. The fraction of sp³-hybridized carbons (Fsp3) is 0.200. The summed E-state index contributed by atoms with van der Waals surface area (Å²) in [6.45, 7) is 3.76. The van der Waals surface area contributed by atoms with Gasteiger partial charge in [-0.2, -0.15) is 0 Å². The van der Waals surface area contributed by atoms with Gasteiger partial charge in [0.05, 0.1) is 0 Å². The van der Waals surface area contributed by atoms with Crippen LogP contribution in [-0.4, -0.2) is 16.8 Å². The Morgan fingerprint density at radius 3 is 3.20 bits per heavy atom. The van der Waals surface area contributed by atoms with Gasteiger partial charge in [-0.05, 0) is 0 Å². The highest BCUT2D eigenvalue weighted by molar-refractivity contribution is 7.11. The van der Waals surface area contributed by atoms with Gasteiger partial charge in [0.1, 0.15) is 12.1 Å². The van der Waals surface area contributed by atoms with Crippen molar-refractivity contribution in [3.05, 3.63) is 17.8 Å². The molecule has 54 valence electrons. The van der Waals surface area contributed by atoms with Crippen LogP contribution >= 0.6 is 11.3 Å². The zero-order chi connectivity index (χ0) is 7.40. The molecule has 5 heteroatoms. The second-order valence-electron chi connectivity index (χ2n) is 1.65. The predicted molar refractivity (Wildman–Crippen MR) is 38.7 cm³/mol. The van der Waals surface area contributed by atoms with Crippen LogP contribution in [0.3, 0.4) is 0 Å². The highest BCUT2D eigenvalue weighted by Crippen LogP contribution is 2.10. The maximum Gasteiger partial charge on any atom is 0.294 e. The Bertz CT molecular complexity index is 209. The molecule has 0 unspecified atom stereocenters. The summed E-state index contributed by atoms with van der Waals surface area (Å²) in [6.07, 6.45) is 0. The Morgan fingerprint density at radius 1 is 1.90 bits per heavy atom. The van der Waals surface area contributed by atoms with E-state index in [0.717, 1.165) is 0 Å². The minimum atomic E-state index is 0.301. The first-order chi connectivity index (χ1) is 4.79. The number of aromatic nitrogens is 2. The van der Waals surface area contributed by atoms with Crippen molar-refractivity contribution < 1.29 is 4.74 Å². The second-order valence-corrected chi connectivity index (χ2v) is 2.45. The van der Waals surface area contributed by atoms with Crippen molar-refractivity contribution in [2.45, 2.75) is 0 Å². The number of hydrogen-bond donors (Lipinski definition) is 1. The van der Waals surface area contributed by atoms with E-state index < -0.39 is 0 Å². The molecule has 0 saturated carbocycles. The molecule has 0 aliphatic rings. The Balaban J connectivity index is 2.35. The third-order valence-electron chi connectivity index (χ3n) is 0.721. The molecule has 2 N–H and O–H groups in total. The highest BCUT2D eigenvalue weighted by Gasteiger charge is 1.95. The van der Waals surface area contributed by atoms with E-state index in [9.17, 15) is 0 Å². The Morgan fingerprint density at radius 2 is 2.70 bits per heavy atom. The molecule has 0 aliphatic heterocycles. The maximum absolute atomic E-state index is 5.25. The minimum absolute atomic E-state index is 0.301. The van der Waals surface area contributed by atoms with E-state index >= 15 is 0 Å². The summed E-state index contributed by atoms with van der Waals surface area (Å²) in [5.74, 6) is 0. The Kier molecular flexibility index (Phi) is 2.22. The molecular weight excluding hydrogens is 150 g/mol. The highest BCUT2D eigenvalue weighted by atomic mass is 32.1. The molecule has 0 fully saturated rings. The smallest absolute Gasteiger partial charge is 0.294 e. The van der Waals surface area contributed by atoms with Gasteiger partial charge in [0.25, 0.3) is 5.19 Å². The Labute approximate surface area is 62.3 Å². The van der Waals surface area contributed by atoms with Crippen molar-refractivity contribution in [3.63, 3.8) is 0 Å². The normalized spacial score (nSPS) is 9.20. The van der Waals surface area contributed by atoms with Crippen molar-refractivity contribution in [3.8, 4) is 5.19 Å². The van der Waals surface area contributed by atoms with Gasteiger partial charge in [-0.25, -0.2) is 0 Å². The summed E-state index contributed by atoms with van der Waals surface area (Å²) < 4.78 is 5.03. The molecule has 0 amide bonds. The maximum atomic E-state index is 5.25. The van der Waals surface area contributed by atoms with Crippen LogP contribution in [0.5, 0.6) is 5.19 Å². The molecule has 0 aromatic carbocycles. The van der Waals surface area contributed by atoms with Crippen LogP contribution in [0.1, 0.15) is 0 Å². The number of ether oxygens (including phenoxy) is 1. The van der Waals surface area contributed by atoms with Crippen LogP contribution in [0, 0.1) is 0 Å². The van der Waals surface area contributed by atoms with Crippen molar-refractivity contribution in [1.82, 2.24) is 10.2 Å². The lowest BCUT2D eigenvalue weighted by molar-refractivity contribution is 0.346. The topological polar surface area (TPSA) is 61.0 Å². The van der Waals surface area contributed by atoms with Gasteiger partial charge in [-0.1, -0.05) is 17.9 Å². The van der Waals surface area contributed by atoms with Crippen LogP contribution in [0.15, 0.2) is 17.8 Å². The lowest BCUT2D eigenvalue weighted by atomic mass is 10.6. The molecule has 0 aliphatic carbocycles. The van der Waals surface area contributed by atoms with Gasteiger partial charge in [-0.15, -0.1) is 10.2 Å². The molecule has 1 heterocycles. The van der Waals surface area contributed by atoms with Crippen molar-refractivity contribution in [1.29, 1.82) is 0 Å². The second kappa shape index (κ2) is 3.17. The van der Waals surface area contributed by atoms with Crippen LogP contribution in [0.2, 0.25) is 0 Å². The van der Waals surface area contributed by atoms with Crippen molar-refractivity contribution >= 4 is 11.3 Å². The zero-order valence-corrected chi connectivity index (χ0v) is 6.10. The van der Waals surface area contributed by atoms with Crippen LogP contribution < -0.4 is 10.5 Å². The van der Waals surface area contributed by atoms with Crippen molar-refractivity contribution in [2.75, 3.05) is 6.61 Å². The third kappa shape index (κ3) is 2.02. The number of hydrogen-bond acceptors (Lipinski definition) is 5. The first-order valence-electron chi connectivity index (χ1n) is 2.61. The molecule has 0 saturated heterocycles. The lowest BCUT2D eigenvalue weighted by Crippen LogP contribution is -2.06. The molecule has 1 aromatic heterocycles. The fourth-order valence-corrected chi connectivity index (χ4v) is 0.786. The monoisotopic (exact) mass is 157 g/mol. The largest absolute Gasteiger partial charge is 0.463 e. The number of nitrogens with zero attached hydrogens (tertiary/aromatic N) is 2.